The quantitative estimate of drug-likeness (QED) is 0.486. The maximum absolute atomic E-state index is 12.5. The highest BCUT2D eigenvalue weighted by atomic mass is 79.9. The lowest BCUT2D eigenvalue weighted by Crippen LogP contribution is -2.54. The van der Waals surface area contributed by atoms with Gasteiger partial charge in [0, 0.05) is 17.1 Å². The van der Waals surface area contributed by atoms with E-state index in [1.54, 1.807) is 6.07 Å². The van der Waals surface area contributed by atoms with Crippen molar-refractivity contribution in [2.75, 3.05) is 17.3 Å². The molecule has 7 nitrogen and oxygen atoms in total. The molecule has 28 heavy (non-hydrogen) atoms. The number of halogens is 2. The van der Waals surface area contributed by atoms with Crippen LogP contribution in [-0.4, -0.2) is 51.8 Å². The first-order valence-corrected chi connectivity index (χ1v) is 11.3. The Morgan fingerprint density at radius 2 is 1.71 bits per heavy atom. The number of alkyl halides is 2. The van der Waals surface area contributed by atoms with Gasteiger partial charge >= 0.3 is 0 Å². The number of rotatable bonds is 4. The molecule has 0 saturated carbocycles. The van der Waals surface area contributed by atoms with Gasteiger partial charge in [0.2, 0.25) is 11.8 Å². The molecule has 0 aromatic heterocycles. The van der Waals surface area contributed by atoms with Crippen molar-refractivity contribution >= 4 is 55.5 Å². The van der Waals surface area contributed by atoms with E-state index in [9.17, 15) is 19.2 Å². The number of imide groups is 2. The molecule has 9 heteroatoms. The lowest BCUT2D eigenvalue weighted by molar-refractivity contribution is -0.136. The molecule has 0 bridgehead atoms. The molecule has 1 N–H and O–H groups in total. The van der Waals surface area contributed by atoms with E-state index in [0.717, 1.165) is 10.2 Å². The van der Waals surface area contributed by atoms with Crippen molar-refractivity contribution < 1.29 is 23.9 Å². The number of hydrogen-bond acceptors (Lipinski definition) is 5. The molecule has 1 unspecified atom stereocenters. The van der Waals surface area contributed by atoms with Gasteiger partial charge < -0.3 is 4.74 Å². The van der Waals surface area contributed by atoms with Gasteiger partial charge in [-0.05, 0) is 24.6 Å². The topological polar surface area (TPSA) is 92.8 Å². The first-order valence-electron chi connectivity index (χ1n) is 9.04. The molecular formula is C19H24Br2N2O5. The van der Waals surface area contributed by atoms with E-state index < -0.39 is 29.7 Å². The average molecular weight is 520 g/mol. The molecule has 1 aromatic carbocycles. The Morgan fingerprint density at radius 1 is 1.11 bits per heavy atom. The highest BCUT2D eigenvalue weighted by molar-refractivity contribution is 9.09. The summed E-state index contributed by atoms with van der Waals surface area (Å²) in [4.78, 5) is 49.1. The minimum absolute atomic E-state index is 0.101. The van der Waals surface area contributed by atoms with Gasteiger partial charge in [0.05, 0.1) is 17.7 Å². The summed E-state index contributed by atoms with van der Waals surface area (Å²) in [5.41, 5.74) is 0.456. The van der Waals surface area contributed by atoms with E-state index in [1.165, 1.54) is 12.1 Å². The minimum atomic E-state index is -0.952. The molecule has 4 amide bonds. The number of nitrogens with zero attached hydrogens (tertiary/aromatic N) is 1. The zero-order valence-corrected chi connectivity index (χ0v) is 19.3. The van der Waals surface area contributed by atoms with Crippen LogP contribution in [-0.2, 0) is 9.59 Å². The van der Waals surface area contributed by atoms with Crippen molar-refractivity contribution in [3.8, 4) is 5.75 Å². The van der Waals surface area contributed by atoms with E-state index in [2.05, 4.69) is 37.2 Å². The number of benzene rings is 1. The molecule has 1 fully saturated rings. The van der Waals surface area contributed by atoms with Crippen molar-refractivity contribution in [2.45, 2.75) is 39.7 Å². The molecule has 0 radical (unpaired) electrons. The fourth-order valence-corrected chi connectivity index (χ4v) is 2.86. The molecule has 1 saturated heterocycles. The number of carbonyl (C=O) groups is 4. The molecule has 0 spiro atoms. The fraction of sp³-hybridized carbons (Fsp3) is 0.474. The van der Waals surface area contributed by atoms with Gasteiger partial charge in [0.25, 0.3) is 11.8 Å². The second-order valence-corrected chi connectivity index (χ2v) is 7.37. The summed E-state index contributed by atoms with van der Waals surface area (Å²) < 4.78 is 5.43. The van der Waals surface area contributed by atoms with Gasteiger partial charge in [0.1, 0.15) is 11.8 Å². The number of carbonyl (C=O) groups excluding carboxylic acids is 4. The number of fused-ring (bicyclic) bond motifs is 1. The molecule has 1 aromatic rings. The Labute approximate surface area is 181 Å². The average Bonchev–Trinajstić information content (AvgIpc) is 2.93. The van der Waals surface area contributed by atoms with Gasteiger partial charge in [0.15, 0.2) is 0 Å². The van der Waals surface area contributed by atoms with Crippen molar-refractivity contribution in [3.05, 3.63) is 29.3 Å². The molecule has 0 aliphatic carbocycles. The number of piperidine rings is 1. The first-order chi connectivity index (χ1) is 13.4. The van der Waals surface area contributed by atoms with Crippen molar-refractivity contribution in [1.82, 2.24) is 10.2 Å². The monoisotopic (exact) mass is 518 g/mol. The van der Waals surface area contributed by atoms with Crippen molar-refractivity contribution in [3.63, 3.8) is 0 Å². The summed E-state index contributed by atoms with van der Waals surface area (Å²) in [6.07, 6.45) is 0.243. The summed E-state index contributed by atoms with van der Waals surface area (Å²) in [6.45, 7) is 6.47. The van der Waals surface area contributed by atoms with Crippen LogP contribution >= 0.6 is 31.9 Å². The van der Waals surface area contributed by atoms with Gasteiger partial charge in [-0.15, -0.1) is 0 Å². The zero-order chi connectivity index (χ0) is 21.3. The summed E-state index contributed by atoms with van der Waals surface area (Å²) in [7, 11) is 0. The smallest absolute Gasteiger partial charge is 0.262 e. The van der Waals surface area contributed by atoms with Crippen LogP contribution in [0.4, 0.5) is 0 Å². The van der Waals surface area contributed by atoms with E-state index in [-0.39, 0.29) is 24.0 Å². The van der Waals surface area contributed by atoms with Gasteiger partial charge in [-0.25, -0.2) is 0 Å². The normalized spacial score (nSPS) is 17.8. The van der Waals surface area contributed by atoms with E-state index >= 15 is 0 Å². The van der Waals surface area contributed by atoms with Crippen LogP contribution in [0.15, 0.2) is 18.2 Å². The molecule has 2 aliphatic heterocycles. The van der Waals surface area contributed by atoms with Crippen LogP contribution in [0.5, 0.6) is 5.75 Å². The summed E-state index contributed by atoms with van der Waals surface area (Å²) in [5, 5.41) is 3.86. The van der Waals surface area contributed by atoms with E-state index in [1.807, 2.05) is 20.8 Å². The highest BCUT2D eigenvalue weighted by Crippen LogP contribution is 2.30. The molecule has 2 aliphatic rings. The van der Waals surface area contributed by atoms with Gasteiger partial charge in [-0.2, -0.15) is 0 Å². The van der Waals surface area contributed by atoms with E-state index in [0.29, 0.717) is 17.7 Å². The Bertz CT molecular complexity index is 739. The molecular weight excluding hydrogens is 496 g/mol. The van der Waals surface area contributed by atoms with Crippen LogP contribution in [0.25, 0.3) is 0 Å². The van der Waals surface area contributed by atoms with Gasteiger partial charge in [-0.1, -0.05) is 52.6 Å². The number of hydrogen-bond donors (Lipinski definition) is 1. The third-order valence-electron chi connectivity index (χ3n) is 3.76. The molecule has 1 atom stereocenters. The Morgan fingerprint density at radius 3 is 2.29 bits per heavy atom. The second kappa shape index (κ2) is 12.0. The lowest BCUT2D eigenvalue weighted by Gasteiger charge is -2.27. The summed E-state index contributed by atoms with van der Waals surface area (Å²) in [6, 6.07) is 3.68. The number of ether oxygens (including phenoxy) is 1. The van der Waals surface area contributed by atoms with Crippen LogP contribution in [0.2, 0.25) is 0 Å². The first kappa shape index (κ1) is 24.3. The highest BCUT2D eigenvalue weighted by Gasteiger charge is 2.44. The van der Waals surface area contributed by atoms with Crippen LogP contribution in [0.1, 0.15) is 54.3 Å². The van der Waals surface area contributed by atoms with Crippen LogP contribution in [0.3, 0.4) is 0 Å². The van der Waals surface area contributed by atoms with Crippen molar-refractivity contribution in [2.24, 2.45) is 0 Å². The Balaban J connectivity index is 0.000000717. The third kappa shape index (κ3) is 5.64. The molecule has 3 rings (SSSR count). The summed E-state index contributed by atoms with van der Waals surface area (Å²) in [5.74, 6) is -1.59. The van der Waals surface area contributed by atoms with E-state index in [4.69, 9.17) is 4.74 Å². The largest absolute Gasteiger partial charge is 0.493 e. The minimum Gasteiger partial charge on any atom is -0.493 e. The Hall–Kier alpha value is -1.74. The maximum Gasteiger partial charge on any atom is 0.262 e. The predicted molar refractivity (Wildman–Crippen MR) is 113 cm³/mol. The molecule has 154 valence electrons. The zero-order valence-electron chi connectivity index (χ0n) is 16.1. The number of amides is 4. The van der Waals surface area contributed by atoms with Crippen LogP contribution < -0.4 is 10.1 Å². The van der Waals surface area contributed by atoms with Crippen LogP contribution in [0, 0.1) is 0 Å². The molecule has 2 heterocycles. The third-order valence-corrected chi connectivity index (χ3v) is 4.08. The van der Waals surface area contributed by atoms with Crippen molar-refractivity contribution in [1.29, 1.82) is 0 Å². The lowest BCUT2D eigenvalue weighted by atomic mass is 10.0. The van der Waals surface area contributed by atoms with Gasteiger partial charge in [-0.3, -0.25) is 29.4 Å². The SMILES string of the molecule is CC.CCBr.O=C1CCC(N2C(=O)c3ccc(OCCBr)cc3C2=O)C(=O)N1. The number of nitrogens with one attached hydrogen (secondary N) is 1. The maximum atomic E-state index is 12.5. The Kier molecular flexibility index (Phi) is 10.4. The fourth-order valence-electron chi connectivity index (χ4n) is 2.70. The predicted octanol–water partition coefficient (Wildman–Crippen LogP) is 3.29. The standard InChI is InChI=1S/C15H13BrN2O5.C2H5Br.C2H6/c16-5-6-23-8-1-2-9-10(7-8)15(22)18(14(9)21)11-3-4-12(19)17-13(11)20;1-2-3;1-2/h1-2,7,11H,3-6H2,(H,17,19,20);2H2,1H3;1-2H3. The summed E-state index contributed by atoms with van der Waals surface area (Å²) >= 11 is 6.38. The second-order valence-electron chi connectivity index (χ2n) is 5.46.